The van der Waals surface area contributed by atoms with E-state index < -0.39 is 16.2 Å². The van der Waals surface area contributed by atoms with E-state index in [9.17, 15) is 14.9 Å². The monoisotopic (exact) mass is 378 g/mol. The van der Waals surface area contributed by atoms with Crippen LogP contribution in [0.4, 0.5) is 5.69 Å². The zero-order valence-corrected chi connectivity index (χ0v) is 13.3. The summed E-state index contributed by atoms with van der Waals surface area (Å²) in [5.41, 5.74) is -0.0946. The molecular weight excluding hydrogens is 372 g/mol. The maximum absolute atomic E-state index is 12.1. The number of nitro groups is 1. The third kappa shape index (κ3) is 2.40. The molecule has 0 aliphatic heterocycles. The summed E-state index contributed by atoms with van der Waals surface area (Å²) in [6.45, 7) is 0. The van der Waals surface area contributed by atoms with Crippen molar-refractivity contribution in [3.05, 3.63) is 72.4 Å². The number of benzene rings is 2. The number of H-pyrrole nitrogens is 1. The van der Waals surface area contributed by atoms with Gasteiger partial charge in [0.25, 0.3) is 0 Å². The van der Waals surface area contributed by atoms with Crippen molar-refractivity contribution < 1.29 is 4.92 Å². The maximum Gasteiger partial charge on any atom is 0.342 e. The van der Waals surface area contributed by atoms with Crippen LogP contribution >= 0.6 is 27.5 Å². The van der Waals surface area contributed by atoms with Gasteiger partial charge in [-0.25, -0.2) is 0 Å². The van der Waals surface area contributed by atoms with E-state index in [0.29, 0.717) is 21.5 Å². The van der Waals surface area contributed by atoms with E-state index in [-0.39, 0.29) is 5.56 Å². The fourth-order valence-corrected chi connectivity index (χ4v) is 2.96. The number of rotatable bonds is 2. The van der Waals surface area contributed by atoms with Crippen molar-refractivity contribution in [2.24, 2.45) is 0 Å². The number of hydrogen-bond donors (Lipinski definition) is 1. The molecule has 0 aliphatic carbocycles. The fourth-order valence-electron chi connectivity index (χ4n) is 2.37. The van der Waals surface area contributed by atoms with Gasteiger partial charge in [-0.3, -0.25) is 14.9 Å². The molecule has 0 saturated carbocycles. The number of aromatic nitrogens is 1. The minimum atomic E-state index is -0.755. The molecule has 0 atom stereocenters. The number of hydrogen-bond acceptors (Lipinski definition) is 3. The number of fused-ring (bicyclic) bond motifs is 1. The molecule has 5 nitrogen and oxygen atoms in total. The van der Waals surface area contributed by atoms with Gasteiger partial charge < -0.3 is 4.98 Å². The summed E-state index contributed by atoms with van der Waals surface area (Å²) in [6.07, 6.45) is 0. The van der Waals surface area contributed by atoms with Crippen LogP contribution in [0.5, 0.6) is 0 Å². The van der Waals surface area contributed by atoms with E-state index in [1.807, 2.05) is 0 Å². The Hall–Kier alpha value is -2.18. The largest absolute Gasteiger partial charge is 0.342 e. The average molecular weight is 380 g/mol. The Kier molecular flexibility index (Phi) is 3.72. The summed E-state index contributed by atoms with van der Waals surface area (Å²) in [5.74, 6) is 0. The molecule has 0 amide bonds. The van der Waals surface area contributed by atoms with Gasteiger partial charge in [0.15, 0.2) is 0 Å². The first kappa shape index (κ1) is 14.7. The van der Waals surface area contributed by atoms with Crippen LogP contribution in [0.25, 0.3) is 22.0 Å². The van der Waals surface area contributed by atoms with Gasteiger partial charge in [-0.1, -0.05) is 45.7 Å². The maximum atomic E-state index is 12.1. The van der Waals surface area contributed by atoms with Crippen LogP contribution in [-0.4, -0.2) is 9.91 Å². The molecule has 2 aromatic carbocycles. The van der Waals surface area contributed by atoms with Crippen molar-refractivity contribution >= 4 is 44.1 Å². The third-order valence-corrected chi connectivity index (χ3v) is 4.10. The summed E-state index contributed by atoms with van der Waals surface area (Å²) >= 11 is 9.52. The molecule has 0 spiro atoms. The fraction of sp³-hybridized carbons (Fsp3) is 0. The second-order valence-electron chi connectivity index (χ2n) is 4.60. The van der Waals surface area contributed by atoms with Gasteiger partial charge in [-0.15, -0.1) is 0 Å². The molecular formula is C15H8BrClN2O3. The molecule has 110 valence electrons. The molecule has 1 heterocycles. The van der Waals surface area contributed by atoms with Crippen LogP contribution in [-0.2, 0) is 0 Å². The Bertz CT molecular complexity index is 969. The molecule has 3 rings (SSSR count). The molecule has 0 unspecified atom stereocenters. The smallest absolute Gasteiger partial charge is 0.316 e. The van der Waals surface area contributed by atoms with E-state index in [1.54, 1.807) is 42.5 Å². The lowest BCUT2D eigenvalue weighted by atomic mass is 9.99. The highest BCUT2D eigenvalue weighted by molar-refractivity contribution is 9.10. The van der Waals surface area contributed by atoms with Gasteiger partial charge in [0.2, 0.25) is 0 Å². The molecule has 3 aromatic rings. The van der Waals surface area contributed by atoms with E-state index in [2.05, 4.69) is 20.9 Å². The van der Waals surface area contributed by atoms with E-state index >= 15 is 0 Å². The molecule has 0 radical (unpaired) electrons. The van der Waals surface area contributed by atoms with Crippen LogP contribution in [0.3, 0.4) is 0 Å². The van der Waals surface area contributed by atoms with E-state index in [0.717, 1.165) is 4.47 Å². The van der Waals surface area contributed by atoms with Gasteiger partial charge in [0.1, 0.15) is 0 Å². The second-order valence-corrected chi connectivity index (χ2v) is 5.93. The highest BCUT2D eigenvalue weighted by Crippen LogP contribution is 2.38. The van der Waals surface area contributed by atoms with Crippen LogP contribution in [0.2, 0.25) is 5.02 Å². The first-order valence-corrected chi connectivity index (χ1v) is 7.41. The molecule has 0 bridgehead atoms. The molecule has 0 aliphatic rings. The Balaban J connectivity index is 2.57. The van der Waals surface area contributed by atoms with Gasteiger partial charge in [-0.2, -0.15) is 0 Å². The van der Waals surface area contributed by atoms with Gasteiger partial charge in [0.05, 0.1) is 10.5 Å². The Morgan fingerprint density at radius 1 is 1.18 bits per heavy atom. The van der Waals surface area contributed by atoms with Crippen LogP contribution < -0.4 is 5.56 Å². The molecule has 1 aromatic heterocycles. The number of nitrogens with one attached hydrogen (secondary N) is 1. The first-order valence-electron chi connectivity index (χ1n) is 6.24. The van der Waals surface area contributed by atoms with Crippen molar-refractivity contribution in [1.29, 1.82) is 0 Å². The van der Waals surface area contributed by atoms with Crippen molar-refractivity contribution in [3.63, 3.8) is 0 Å². The standard InChI is InChI=1S/C15H8BrClN2O3/c16-8-5-6-12-10(7-8)13(9-3-1-2-4-11(9)17)14(19(21)22)15(20)18-12/h1-7H,(H,18,20). The normalized spacial score (nSPS) is 10.8. The summed E-state index contributed by atoms with van der Waals surface area (Å²) < 4.78 is 0.745. The second kappa shape index (κ2) is 5.55. The van der Waals surface area contributed by atoms with Gasteiger partial charge in [0, 0.05) is 26.0 Å². The summed E-state index contributed by atoms with van der Waals surface area (Å²) in [5, 5.41) is 12.3. The minimum Gasteiger partial charge on any atom is -0.316 e. The van der Waals surface area contributed by atoms with E-state index in [1.165, 1.54) is 0 Å². The third-order valence-electron chi connectivity index (χ3n) is 3.28. The molecule has 1 N–H and O–H groups in total. The van der Waals surface area contributed by atoms with E-state index in [4.69, 9.17) is 11.6 Å². The van der Waals surface area contributed by atoms with Crippen LogP contribution in [0.15, 0.2) is 51.7 Å². The predicted octanol–water partition coefficient (Wildman–Crippen LogP) is 4.52. The number of aromatic amines is 1. The molecule has 0 fully saturated rings. The van der Waals surface area contributed by atoms with Crippen molar-refractivity contribution in [3.8, 4) is 11.1 Å². The van der Waals surface area contributed by atoms with Crippen molar-refractivity contribution in [1.82, 2.24) is 4.98 Å². The van der Waals surface area contributed by atoms with Gasteiger partial charge >= 0.3 is 11.2 Å². The summed E-state index contributed by atoms with van der Waals surface area (Å²) in [6, 6.07) is 11.9. The molecule has 0 saturated heterocycles. The Morgan fingerprint density at radius 3 is 2.59 bits per heavy atom. The number of nitrogens with zero attached hydrogens (tertiary/aromatic N) is 1. The van der Waals surface area contributed by atoms with Crippen molar-refractivity contribution in [2.45, 2.75) is 0 Å². The summed E-state index contributed by atoms with van der Waals surface area (Å²) in [4.78, 5) is 25.4. The highest BCUT2D eigenvalue weighted by atomic mass is 79.9. The lowest BCUT2D eigenvalue weighted by Gasteiger charge is -2.09. The quantitative estimate of drug-likeness (QED) is 0.525. The average Bonchev–Trinajstić information content (AvgIpc) is 2.47. The van der Waals surface area contributed by atoms with Crippen LogP contribution in [0.1, 0.15) is 0 Å². The topological polar surface area (TPSA) is 76.0 Å². The van der Waals surface area contributed by atoms with Gasteiger partial charge in [-0.05, 0) is 24.3 Å². The molecule has 7 heteroatoms. The minimum absolute atomic E-state index is 0.218. The summed E-state index contributed by atoms with van der Waals surface area (Å²) in [7, 11) is 0. The highest BCUT2D eigenvalue weighted by Gasteiger charge is 2.25. The van der Waals surface area contributed by atoms with Crippen LogP contribution in [0, 0.1) is 10.1 Å². The SMILES string of the molecule is O=c1[nH]c2ccc(Br)cc2c(-c2ccccc2Cl)c1[N+](=O)[O-]. The number of halogens is 2. The first-order chi connectivity index (χ1) is 10.5. The predicted molar refractivity (Wildman–Crippen MR) is 89.4 cm³/mol. The zero-order valence-electron chi connectivity index (χ0n) is 11.0. The lowest BCUT2D eigenvalue weighted by Crippen LogP contribution is -2.13. The zero-order chi connectivity index (χ0) is 15.9. The van der Waals surface area contributed by atoms with Crippen molar-refractivity contribution in [2.75, 3.05) is 0 Å². The lowest BCUT2D eigenvalue weighted by molar-refractivity contribution is -0.385. The Morgan fingerprint density at radius 2 is 1.91 bits per heavy atom. The molecule has 22 heavy (non-hydrogen) atoms. The Labute approximate surface area is 137 Å². The number of pyridine rings is 1.